The lowest BCUT2D eigenvalue weighted by Crippen LogP contribution is -2.54. The first-order valence-corrected chi connectivity index (χ1v) is 21.4. The lowest BCUT2D eigenvalue weighted by molar-refractivity contribution is -0.136. The first-order valence-electron chi connectivity index (χ1n) is 20.5. The molecule has 8 rings (SSSR count). The number of piperidine rings is 2. The van der Waals surface area contributed by atoms with Gasteiger partial charge in [-0.2, -0.15) is 5.10 Å². The Kier molecular flexibility index (Phi) is 11.9. The van der Waals surface area contributed by atoms with Gasteiger partial charge in [-0.05, 0) is 118 Å². The van der Waals surface area contributed by atoms with Crippen LogP contribution in [-0.2, 0) is 9.59 Å². The lowest BCUT2D eigenvalue weighted by atomic mass is 9.86. The number of thioether (sulfide) groups is 1. The van der Waals surface area contributed by atoms with Gasteiger partial charge in [0.2, 0.25) is 11.8 Å². The number of carbonyl (C=O) groups excluding carboxylic acids is 5. The number of para-hydroxylation sites is 1. The van der Waals surface area contributed by atoms with Crippen LogP contribution < -0.4 is 21.1 Å². The number of anilines is 1. The van der Waals surface area contributed by atoms with Crippen molar-refractivity contribution >= 4 is 47.1 Å². The maximum Gasteiger partial charge on any atom is 0.263 e. The van der Waals surface area contributed by atoms with Gasteiger partial charge in [-0.3, -0.25) is 34.2 Å². The number of aromatic nitrogens is 2. The summed E-state index contributed by atoms with van der Waals surface area (Å²) in [5, 5.41) is 10.7. The van der Waals surface area contributed by atoms with E-state index in [1.54, 1.807) is 23.9 Å². The number of hydrogen-bond acceptors (Lipinski definition) is 10. The van der Waals surface area contributed by atoms with E-state index in [1.807, 2.05) is 65.3 Å². The number of nitrogens with zero attached hydrogens (tertiary/aromatic N) is 4. The van der Waals surface area contributed by atoms with Crippen molar-refractivity contribution in [2.75, 3.05) is 37.2 Å². The van der Waals surface area contributed by atoms with E-state index in [-0.39, 0.29) is 24.8 Å². The Morgan fingerprint density at radius 3 is 2.33 bits per heavy atom. The van der Waals surface area contributed by atoms with Crippen LogP contribution >= 0.6 is 11.8 Å². The second-order valence-corrected chi connectivity index (χ2v) is 16.7. The molecule has 2 atom stereocenters. The van der Waals surface area contributed by atoms with E-state index >= 15 is 0 Å². The Labute approximate surface area is 342 Å². The molecule has 4 aliphatic rings. The van der Waals surface area contributed by atoms with Crippen LogP contribution in [0.5, 0.6) is 11.5 Å². The zero-order valence-electron chi connectivity index (χ0n) is 32.5. The monoisotopic (exact) mass is 803 g/mol. The molecule has 0 spiro atoms. The Morgan fingerprint density at radius 2 is 1.57 bits per heavy atom. The average Bonchev–Trinajstić information content (AvgIpc) is 3.75. The molecule has 58 heavy (non-hydrogen) atoms. The van der Waals surface area contributed by atoms with Crippen molar-refractivity contribution < 1.29 is 28.7 Å². The third-order valence-electron chi connectivity index (χ3n) is 11.8. The number of fused-ring (bicyclic) bond motifs is 2. The summed E-state index contributed by atoms with van der Waals surface area (Å²) in [5.41, 5.74) is 8.51. The normalized spacial score (nSPS) is 19.8. The third-order valence-corrected chi connectivity index (χ3v) is 12.9. The molecule has 5 heterocycles. The first-order chi connectivity index (χ1) is 28.3. The van der Waals surface area contributed by atoms with Crippen molar-refractivity contribution in [3.63, 3.8) is 0 Å². The number of imide groups is 2. The fourth-order valence-electron chi connectivity index (χ4n) is 8.80. The number of likely N-dealkylation sites (tertiary alicyclic amines) is 1. The van der Waals surface area contributed by atoms with Gasteiger partial charge in [-0.1, -0.05) is 43.5 Å². The highest BCUT2D eigenvalue weighted by molar-refractivity contribution is 7.99. The summed E-state index contributed by atoms with van der Waals surface area (Å²) >= 11 is 1.58. The van der Waals surface area contributed by atoms with Gasteiger partial charge in [-0.25, -0.2) is 4.68 Å². The van der Waals surface area contributed by atoms with Crippen molar-refractivity contribution in [2.24, 2.45) is 11.7 Å². The van der Waals surface area contributed by atoms with Gasteiger partial charge in [0.25, 0.3) is 17.7 Å². The Bertz CT molecular complexity index is 2180. The van der Waals surface area contributed by atoms with Gasteiger partial charge < -0.3 is 20.7 Å². The van der Waals surface area contributed by atoms with Gasteiger partial charge >= 0.3 is 0 Å². The number of carbonyl (C=O) groups is 5. The number of rotatable bonds is 15. The van der Waals surface area contributed by atoms with Crippen molar-refractivity contribution in [3.8, 4) is 22.8 Å². The van der Waals surface area contributed by atoms with Crippen LogP contribution in [0.15, 0.2) is 77.7 Å². The smallest absolute Gasteiger partial charge is 0.263 e. The highest BCUT2D eigenvalue weighted by atomic mass is 32.2. The van der Waals surface area contributed by atoms with Gasteiger partial charge in [0, 0.05) is 23.4 Å². The molecule has 14 heteroatoms. The molecule has 0 radical (unpaired) electrons. The van der Waals surface area contributed by atoms with E-state index in [1.165, 1.54) is 0 Å². The van der Waals surface area contributed by atoms with Gasteiger partial charge in [0.05, 0.1) is 17.2 Å². The minimum atomic E-state index is -0.960. The first kappa shape index (κ1) is 39.4. The van der Waals surface area contributed by atoms with Crippen molar-refractivity contribution in [1.82, 2.24) is 24.9 Å². The van der Waals surface area contributed by atoms with E-state index in [2.05, 4.69) is 15.5 Å². The molecular formula is C44H49N7O6S. The highest BCUT2D eigenvalue weighted by Crippen LogP contribution is 2.41. The van der Waals surface area contributed by atoms with Crippen molar-refractivity contribution in [3.05, 3.63) is 89.5 Å². The molecule has 3 aromatic carbocycles. The van der Waals surface area contributed by atoms with Crippen molar-refractivity contribution in [1.29, 1.82) is 0 Å². The number of ether oxygens (including phenoxy) is 1. The molecule has 0 saturated carbocycles. The molecule has 2 saturated heterocycles. The van der Waals surface area contributed by atoms with Crippen LogP contribution in [0, 0.1) is 5.92 Å². The molecule has 13 nitrogen and oxygen atoms in total. The zero-order chi connectivity index (χ0) is 40.2. The maximum atomic E-state index is 13.4. The number of primary amides is 1. The van der Waals surface area contributed by atoms with Crippen LogP contribution in [0.2, 0.25) is 0 Å². The zero-order valence-corrected chi connectivity index (χ0v) is 33.3. The van der Waals surface area contributed by atoms with Crippen molar-refractivity contribution in [2.45, 2.75) is 81.2 Å². The topological polar surface area (TPSA) is 169 Å². The predicted octanol–water partition coefficient (Wildman–Crippen LogP) is 6.65. The van der Waals surface area contributed by atoms with Crippen LogP contribution in [0.4, 0.5) is 5.82 Å². The summed E-state index contributed by atoms with van der Waals surface area (Å²) in [6.45, 7) is 3.94. The summed E-state index contributed by atoms with van der Waals surface area (Å²) in [6, 6.07) is 21.8. The fraction of sp³-hybridized carbons (Fsp3) is 0.409. The number of unbranched alkanes of at least 4 members (excludes halogenated alkanes) is 4. The molecule has 0 bridgehead atoms. The highest BCUT2D eigenvalue weighted by Gasteiger charge is 2.45. The van der Waals surface area contributed by atoms with Crippen LogP contribution in [0.1, 0.15) is 101 Å². The lowest BCUT2D eigenvalue weighted by Gasteiger charge is -2.38. The minimum absolute atomic E-state index is 0.100. The second-order valence-electron chi connectivity index (χ2n) is 15.5. The maximum absolute atomic E-state index is 13.4. The molecule has 302 valence electrons. The summed E-state index contributed by atoms with van der Waals surface area (Å²) in [5.74, 6) is 1.07. The summed E-state index contributed by atoms with van der Waals surface area (Å²) < 4.78 is 8.00. The average molecular weight is 804 g/mol. The molecule has 1 aromatic heterocycles. The molecule has 2 fully saturated rings. The quantitative estimate of drug-likeness (QED) is 0.0672. The molecule has 0 aliphatic carbocycles. The van der Waals surface area contributed by atoms with Crippen LogP contribution in [0.3, 0.4) is 0 Å². The summed E-state index contributed by atoms with van der Waals surface area (Å²) in [6.07, 6.45) is 8.87. The molecule has 4 N–H and O–H groups in total. The number of nitrogens with two attached hydrogens (primary N) is 1. The van der Waals surface area contributed by atoms with Crippen LogP contribution in [0.25, 0.3) is 11.3 Å². The van der Waals surface area contributed by atoms with E-state index in [0.717, 1.165) is 110 Å². The number of benzene rings is 3. The molecule has 4 aliphatic heterocycles. The number of nitrogens with one attached hydrogen (secondary N) is 2. The Hall–Kier alpha value is -5.47. The molecule has 4 aromatic rings. The number of hydrogen-bond donors (Lipinski definition) is 3. The fourth-order valence-corrected chi connectivity index (χ4v) is 9.88. The third kappa shape index (κ3) is 8.26. The Morgan fingerprint density at radius 1 is 0.828 bits per heavy atom. The summed E-state index contributed by atoms with van der Waals surface area (Å²) in [7, 11) is 0. The van der Waals surface area contributed by atoms with E-state index in [9.17, 15) is 24.0 Å². The van der Waals surface area contributed by atoms with Gasteiger partial charge in [-0.15, -0.1) is 11.8 Å². The SMILES string of the molecule is NC(=O)c1c(-c2ccc(Oc3ccccc3)cc2)nn2c1NCCC2C1CCN(CCCCCCCSc2cccc3c2C(=O)N(C2CCC(=O)NC2=O)C3=O)CC1. The van der Waals surface area contributed by atoms with E-state index < -0.39 is 29.7 Å². The van der Waals surface area contributed by atoms with E-state index in [4.69, 9.17) is 15.6 Å². The molecular weight excluding hydrogens is 755 g/mol. The largest absolute Gasteiger partial charge is 0.457 e. The Balaban J connectivity index is 0.773. The summed E-state index contributed by atoms with van der Waals surface area (Å²) in [4.78, 5) is 67.7. The molecule has 2 unspecified atom stereocenters. The second kappa shape index (κ2) is 17.6. The molecule has 5 amide bonds. The van der Waals surface area contributed by atoms with E-state index in [0.29, 0.717) is 34.1 Å². The standard InChI is InChI=1S/C44H49N7O6S/c45-40(53)38-39(29-14-16-31(17-15-29)57-30-10-5-4-6-11-30)48-51-33(20-23-46-41(38)51)28-21-25-49(26-22-28)24-7-2-1-3-8-27-58-35-13-9-12-32-37(35)44(56)50(43(32)55)34-18-19-36(52)47-42(34)54/h4-6,9-17,28,33-34,46H,1-3,7-8,18-27H2,(H2,45,53)(H,47,52,54). The predicted molar refractivity (Wildman–Crippen MR) is 221 cm³/mol. The van der Waals surface area contributed by atoms with Gasteiger partial charge in [0.1, 0.15) is 34.6 Å². The minimum Gasteiger partial charge on any atom is -0.457 e. The van der Waals surface area contributed by atoms with Crippen LogP contribution in [-0.4, -0.2) is 87.1 Å². The number of amides is 5. The van der Waals surface area contributed by atoms with Gasteiger partial charge in [0.15, 0.2) is 0 Å².